The number of halogens is 2. The zero-order valence-corrected chi connectivity index (χ0v) is 6.19. The Kier molecular flexibility index (Phi) is 2.22. The Morgan fingerprint density at radius 1 is 1.70 bits per heavy atom. The van der Waals surface area contributed by atoms with Crippen LogP contribution in [-0.2, 0) is 0 Å². The van der Waals surface area contributed by atoms with Crippen LogP contribution < -0.4 is 0 Å². The van der Waals surface area contributed by atoms with Crippen LogP contribution in [0.1, 0.15) is 12.5 Å². The van der Waals surface area contributed by atoms with Crippen molar-refractivity contribution in [3.05, 3.63) is 35.2 Å². The maximum absolute atomic E-state index is 12.3. The van der Waals surface area contributed by atoms with E-state index in [0.717, 1.165) is 5.56 Å². The first-order valence-corrected chi connectivity index (χ1v) is 3.22. The van der Waals surface area contributed by atoms with E-state index in [4.69, 9.17) is 11.6 Å². The van der Waals surface area contributed by atoms with E-state index in [1.165, 1.54) is 12.3 Å². The van der Waals surface area contributed by atoms with E-state index >= 15 is 0 Å². The van der Waals surface area contributed by atoms with Gasteiger partial charge in [-0.05, 0) is 12.0 Å². The molecule has 0 amide bonds. The third-order valence-electron chi connectivity index (χ3n) is 1.16. The van der Waals surface area contributed by atoms with Gasteiger partial charge >= 0.3 is 0 Å². The van der Waals surface area contributed by atoms with Crippen LogP contribution in [0.5, 0.6) is 0 Å². The normalized spacial score (nSPS) is 9.90. The lowest BCUT2D eigenvalue weighted by Gasteiger charge is -1.96. The molecule has 1 radical (unpaired) electrons. The van der Waals surface area contributed by atoms with E-state index in [0.29, 0.717) is 5.02 Å². The van der Waals surface area contributed by atoms with Crippen LogP contribution in [0.2, 0.25) is 5.02 Å². The van der Waals surface area contributed by atoms with Gasteiger partial charge in [0, 0.05) is 12.3 Å². The molecule has 0 spiro atoms. The molecule has 0 fully saturated rings. The van der Waals surface area contributed by atoms with Crippen molar-refractivity contribution in [1.82, 2.24) is 4.98 Å². The molecule has 1 aromatic rings. The van der Waals surface area contributed by atoms with Gasteiger partial charge in [0.25, 0.3) is 0 Å². The Labute approximate surface area is 63.8 Å². The highest BCUT2D eigenvalue weighted by atomic mass is 35.5. The third kappa shape index (κ3) is 1.45. The van der Waals surface area contributed by atoms with E-state index < -0.39 is 5.95 Å². The second-order valence-electron chi connectivity index (χ2n) is 1.82. The molecule has 10 heavy (non-hydrogen) atoms. The van der Waals surface area contributed by atoms with Crippen molar-refractivity contribution >= 4 is 11.6 Å². The molecule has 0 aromatic carbocycles. The molecule has 0 N–H and O–H groups in total. The zero-order valence-electron chi connectivity index (χ0n) is 5.44. The van der Waals surface area contributed by atoms with Gasteiger partial charge in [-0.25, -0.2) is 4.98 Å². The lowest BCUT2D eigenvalue weighted by Crippen LogP contribution is -1.86. The molecular formula is C7H6ClFN. The lowest BCUT2D eigenvalue weighted by atomic mass is 10.2. The molecule has 0 aliphatic heterocycles. The van der Waals surface area contributed by atoms with Gasteiger partial charge in [0.2, 0.25) is 5.95 Å². The van der Waals surface area contributed by atoms with Gasteiger partial charge in [0.15, 0.2) is 0 Å². The maximum atomic E-state index is 12.3. The molecule has 0 aliphatic carbocycles. The first-order chi connectivity index (χ1) is 4.74. The standard InChI is InChI=1S/C7H6ClFN/c1-2-5-4-10-7(9)3-6(5)8/h2-4H,1H3. The average Bonchev–Trinajstić information content (AvgIpc) is 1.88. The number of hydrogen-bond acceptors (Lipinski definition) is 1. The molecule has 53 valence electrons. The fourth-order valence-electron chi connectivity index (χ4n) is 0.630. The van der Waals surface area contributed by atoms with Crippen LogP contribution >= 0.6 is 11.6 Å². The zero-order chi connectivity index (χ0) is 7.56. The average molecular weight is 159 g/mol. The van der Waals surface area contributed by atoms with Gasteiger partial charge in [-0.3, -0.25) is 0 Å². The molecule has 0 atom stereocenters. The fraction of sp³-hybridized carbons (Fsp3) is 0.143. The fourth-order valence-corrected chi connectivity index (χ4v) is 0.878. The lowest BCUT2D eigenvalue weighted by molar-refractivity contribution is 0.583. The van der Waals surface area contributed by atoms with Crippen LogP contribution in [0.4, 0.5) is 4.39 Å². The molecule has 1 aromatic heterocycles. The maximum Gasteiger partial charge on any atom is 0.214 e. The summed E-state index contributed by atoms with van der Waals surface area (Å²) in [6, 6.07) is 1.19. The van der Waals surface area contributed by atoms with E-state index in [9.17, 15) is 4.39 Å². The van der Waals surface area contributed by atoms with Gasteiger partial charge in [-0.2, -0.15) is 4.39 Å². The molecule has 1 rings (SSSR count). The molecule has 0 unspecified atom stereocenters. The van der Waals surface area contributed by atoms with Crippen molar-refractivity contribution in [2.75, 3.05) is 0 Å². The summed E-state index contributed by atoms with van der Waals surface area (Å²) in [5, 5.41) is 0.398. The molecule has 0 saturated heterocycles. The van der Waals surface area contributed by atoms with Crippen molar-refractivity contribution in [1.29, 1.82) is 0 Å². The van der Waals surface area contributed by atoms with Crippen molar-refractivity contribution in [3.63, 3.8) is 0 Å². The quantitative estimate of drug-likeness (QED) is 0.572. The first kappa shape index (κ1) is 7.48. The highest BCUT2D eigenvalue weighted by Gasteiger charge is 1.99. The predicted molar refractivity (Wildman–Crippen MR) is 38.3 cm³/mol. The van der Waals surface area contributed by atoms with E-state index in [1.807, 2.05) is 6.92 Å². The molecule has 1 nitrogen and oxygen atoms in total. The Morgan fingerprint density at radius 3 is 2.90 bits per heavy atom. The van der Waals surface area contributed by atoms with Gasteiger partial charge < -0.3 is 0 Å². The molecule has 1 heterocycles. The van der Waals surface area contributed by atoms with Crippen molar-refractivity contribution < 1.29 is 4.39 Å². The van der Waals surface area contributed by atoms with Gasteiger partial charge in [0.05, 0.1) is 5.02 Å². The highest BCUT2D eigenvalue weighted by molar-refractivity contribution is 6.31. The summed E-state index contributed by atoms with van der Waals surface area (Å²) in [5.74, 6) is -0.546. The summed E-state index contributed by atoms with van der Waals surface area (Å²) in [4.78, 5) is 3.43. The SMILES string of the molecule is C[CH]c1cnc(F)cc1Cl. The number of aromatic nitrogens is 1. The Bertz CT molecular complexity index is 237. The topological polar surface area (TPSA) is 12.9 Å². The Hall–Kier alpha value is -0.630. The number of hydrogen-bond donors (Lipinski definition) is 0. The summed E-state index contributed by atoms with van der Waals surface area (Å²) in [6.45, 7) is 1.82. The summed E-state index contributed by atoms with van der Waals surface area (Å²) >= 11 is 5.62. The minimum atomic E-state index is -0.546. The first-order valence-electron chi connectivity index (χ1n) is 2.84. The van der Waals surface area contributed by atoms with Crippen LogP contribution in [0.3, 0.4) is 0 Å². The van der Waals surface area contributed by atoms with E-state index in [-0.39, 0.29) is 0 Å². The molecular weight excluding hydrogens is 153 g/mol. The molecule has 0 saturated carbocycles. The molecule has 0 bridgehead atoms. The third-order valence-corrected chi connectivity index (χ3v) is 1.49. The Balaban J connectivity index is 3.07. The minimum absolute atomic E-state index is 0.398. The second-order valence-corrected chi connectivity index (χ2v) is 2.22. The largest absolute Gasteiger partial charge is 0.228 e. The van der Waals surface area contributed by atoms with Gasteiger partial charge in [0.1, 0.15) is 0 Å². The Morgan fingerprint density at radius 2 is 2.40 bits per heavy atom. The van der Waals surface area contributed by atoms with Crippen LogP contribution in [0.25, 0.3) is 0 Å². The molecule has 0 aliphatic rings. The van der Waals surface area contributed by atoms with Crippen molar-refractivity contribution in [2.45, 2.75) is 6.92 Å². The smallest absolute Gasteiger partial charge is 0.214 e. The van der Waals surface area contributed by atoms with E-state index in [1.54, 1.807) is 6.42 Å². The summed E-state index contributed by atoms with van der Waals surface area (Å²) in [7, 11) is 0. The summed E-state index contributed by atoms with van der Waals surface area (Å²) in [6.07, 6.45) is 3.17. The monoisotopic (exact) mass is 158 g/mol. The van der Waals surface area contributed by atoms with Crippen molar-refractivity contribution in [2.24, 2.45) is 0 Å². The second kappa shape index (κ2) is 2.97. The van der Waals surface area contributed by atoms with Crippen molar-refractivity contribution in [3.8, 4) is 0 Å². The highest BCUT2D eigenvalue weighted by Crippen LogP contribution is 2.16. The number of rotatable bonds is 1. The van der Waals surface area contributed by atoms with Gasteiger partial charge in [-0.15, -0.1) is 0 Å². The summed E-state index contributed by atoms with van der Waals surface area (Å²) in [5.41, 5.74) is 0.753. The number of pyridine rings is 1. The predicted octanol–water partition coefficient (Wildman–Crippen LogP) is 2.45. The van der Waals surface area contributed by atoms with Crippen LogP contribution in [-0.4, -0.2) is 4.98 Å². The van der Waals surface area contributed by atoms with Crippen LogP contribution in [0.15, 0.2) is 12.3 Å². The number of nitrogens with zero attached hydrogens (tertiary/aromatic N) is 1. The van der Waals surface area contributed by atoms with Crippen LogP contribution in [0, 0.1) is 12.4 Å². The molecule has 3 heteroatoms. The summed E-state index contributed by atoms with van der Waals surface area (Å²) < 4.78 is 12.3. The van der Waals surface area contributed by atoms with Gasteiger partial charge in [-0.1, -0.05) is 18.5 Å². The minimum Gasteiger partial charge on any atom is -0.228 e. The van der Waals surface area contributed by atoms with E-state index in [2.05, 4.69) is 4.98 Å².